The van der Waals surface area contributed by atoms with E-state index in [1.54, 1.807) is 0 Å². The third kappa shape index (κ3) is 1.54. The molecule has 0 aliphatic rings. The van der Waals surface area contributed by atoms with Gasteiger partial charge in [0.15, 0.2) is 17.3 Å². The minimum atomic E-state index is -0.655. The summed E-state index contributed by atoms with van der Waals surface area (Å²) in [5.41, 5.74) is 5.75. The van der Waals surface area contributed by atoms with Crippen LogP contribution in [0.5, 0.6) is 0 Å². The van der Waals surface area contributed by atoms with E-state index in [0.717, 1.165) is 0 Å². The van der Waals surface area contributed by atoms with Crippen molar-refractivity contribution in [1.82, 2.24) is 25.2 Å². The molecule has 0 fully saturated rings. The first-order chi connectivity index (χ1) is 7.24. The van der Waals surface area contributed by atoms with Crippen LogP contribution in [0.15, 0.2) is 6.20 Å². The van der Waals surface area contributed by atoms with Crippen molar-refractivity contribution in [3.05, 3.63) is 12.0 Å². The summed E-state index contributed by atoms with van der Waals surface area (Å²) >= 11 is 0. The quantitative estimate of drug-likeness (QED) is 0.628. The van der Waals surface area contributed by atoms with E-state index in [0.29, 0.717) is 0 Å². The van der Waals surface area contributed by atoms with E-state index >= 15 is 0 Å². The predicted molar refractivity (Wildman–Crippen MR) is 49.1 cm³/mol. The number of nitrogen functional groups attached to an aromatic ring is 1. The molecule has 0 aromatic carbocycles. The Labute approximate surface area is 83.7 Å². The van der Waals surface area contributed by atoms with E-state index in [2.05, 4.69) is 20.5 Å². The number of rotatable bonds is 3. The maximum absolute atomic E-state index is 13.5. The van der Waals surface area contributed by atoms with Gasteiger partial charge in [0.2, 0.25) is 0 Å². The normalized spacial score (nSPS) is 10.8. The molecule has 4 N–H and O–H groups in total. The predicted octanol–water partition coefficient (Wildman–Crippen LogP) is -0.618. The Morgan fingerprint density at radius 3 is 3.00 bits per heavy atom. The third-order valence-electron chi connectivity index (χ3n) is 1.90. The summed E-state index contributed by atoms with van der Waals surface area (Å²) in [6, 6.07) is 0. The molecule has 0 saturated heterocycles. The Morgan fingerprint density at radius 2 is 2.40 bits per heavy atom. The van der Waals surface area contributed by atoms with Crippen LogP contribution in [-0.4, -0.2) is 36.9 Å². The van der Waals surface area contributed by atoms with E-state index in [9.17, 15) is 4.39 Å². The van der Waals surface area contributed by atoms with Gasteiger partial charge in [0, 0.05) is 0 Å². The van der Waals surface area contributed by atoms with Crippen molar-refractivity contribution in [1.29, 1.82) is 0 Å². The molecular formula is C7H9FN6O. The fourth-order valence-electron chi connectivity index (χ4n) is 1.20. The minimum Gasteiger partial charge on any atom is -0.394 e. The number of aromatic nitrogens is 5. The molecule has 7 nitrogen and oxygen atoms in total. The van der Waals surface area contributed by atoms with Crippen LogP contribution >= 0.6 is 0 Å². The molecule has 2 aromatic heterocycles. The Hall–Kier alpha value is -1.96. The Morgan fingerprint density at radius 1 is 1.60 bits per heavy atom. The lowest BCUT2D eigenvalue weighted by molar-refractivity contribution is 0.270. The number of nitrogens with two attached hydrogens (primary N) is 1. The number of hydrogen-bond acceptors (Lipinski definition) is 5. The molecule has 2 rings (SSSR count). The summed E-state index contributed by atoms with van der Waals surface area (Å²) < 4.78 is 14.7. The van der Waals surface area contributed by atoms with Crippen molar-refractivity contribution < 1.29 is 9.50 Å². The van der Waals surface area contributed by atoms with Gasteiger partial charge in [-0.05, 0) is 0 Å². The molecule has 0 atom stereocenters. The number of aliphatic hydroxyl groups excluding tert-OH is 1. The van der Waals surface area contributed by atoms with Gasteiger partial charge in [0.1, 0.15) is 5.69 Å². The molecule has 0 radical (unpaired) electrons. The fraction of sp³-hybridized carbons (Fsp3) is 0.286. The van der Waals surface area contributed by atoms with Gasteiger partial charge in [0.25, 0.3) is 0 Å². The maximum Gasteiger partial charge on any atom is 0.194 e. The molecule has 8 heteroatoms. The van der Waals surface area contributed by atoms with Crippen molar-refractivity contribution in [2.75, 3.05) is 12.3 Å². The van der Waals surface area contributed by atoms with E-state index in [1.807, 2.05) is 0 Å². The van der Waals surface area contributed by atoms with Crippen molar-refractivity contribution in [2.45, 2.75) is 6.54 Å². The van der Waals surface area contributed by atoms with Crippen molar-refractivity contribution in [3.63, 3.8) is 0 Å². The molecular weight excluding hydrogens is 203 g/mol. The highest BCUT2D eigenvalue weighted by atomic mass is 19.1. The lowest BCUT2D eigenvalue weighted by atomic mass is 10.3. The van der Waals surface area contributed by atoms with Crippen molar-refractivity contribution in [2.24, 2.45) is 0 Å². The number of nitrogens with zero attached hydrogens (tertiary/aromatic N) is 4. The number of aromatic amines is 1. The van der Waals surface area contributed by atoms with Gasteiger partial charge in [-0.3, -0.25) is 0 Å². The molecule has 80 valence electrons. The molecule has 2 aromatic rings. The average molecular weight is 212 g/mol. The summed E-state index contributed by atoms with van der Waals surface area (Å²) in [4.78, 5) is 0. The summed E-state index contributed by atoms with van der Waals surface area (Å²) in [5, 5.41) is 22.2. The van der Waals surface area contributed by atoms with Gasteiger partial charge in [-0.15, -0.1) is 0 Å². The molecule has 0 saturated carbocycles. The highest BCUT2D eigenvalue weighted by Gasteiger charge is 2.18. The van der Waals surface area contributed by atoms with Gasteiger partial charge in [-0.1, -0.05) is 0 Å². The molecule has 0 amide bonds. The van der Waals surface area contributed by atoms with E-state index in [-0.39, 0.29) is 30.4 Å². The monoisotopic (exact) mass is 212 g/mol. The number of anilines is 1. The molecule has 0 bridgehead atoms. The van der Waals surface area contributed by atoms with E-state index < -0.39 is 5.82 Å². The van der Waals surface area contributed by atoms with Gasteiger partial charge in [-0.25, -0.2) is 9.07 Å². The zero-order valence-electron chi connectivity index (χ0n) is 7.68. The van der Waals surface area contributed by atoms with Gasteiger partial charge in [-0.2, -0.15) is 20.5 Å². The van der Waals surface area contributed by atoms with Crippen LogP contribution in [0.25, 0.3) is 11.4 Å². The molecule has 0 unspecified atom stereocenters. The SMILES string of the molecule is Nc1c(F)c(-c2cn[nH]n2)nn1CCO. The molecule has 2 heterocycles. The third-order valence-corrected chi connectivity index (χ3v) is 1.90. The van der Waals surface area contributed by atoms with Crippen LogP contribution in [0.3, 0.4) is 0 Å². The van der Waals surface area contributed by atoms with Crippen molar-refractivity contribution >= 4 is 5.82 Å². The topological polar surface area (TPSA) is 106 Å². The average Bonchev–Trinajstić information content (AvgIpc) is 2.82. The van der Waals surface area contributed by atoms with Gasteiger partial charge >= 0.3 is 0 Å². The lowest BCUT2D eigenvalue weighted by Crippen LogP contribution is -2.07. The fourth-order valence-corrected chi connectivity index (χ4v) is 1.20. The van der Waals surface area contributed by atoms with Crippen LogP contribution in [0, 0.1) is 5.82 Å². The first kappa shape index (κ1) is 9.59. The molecule has 15 heavy (non-hydrogen) atoms. The first-order valence-corrected chi connectivity index (χ1v) is 4.23. The summed E-state index contributed by atoms with van der Waals surface area (Å²) in [5.74, 6) is -0.778. The summed E-state index contributed by atoms with van der Waals surface area (Å²) in [6.45, 7) is -0.0236. The van der Waals surface area contributed by atoms with Crippen LogP contribution in [0.4, 0.5) is 10.2 Å². The highest BCUT2D eigenvalue weighted by molar-refractivity contribution is 5.58. The van der Waals surface area contributed by atoms with Crippen LogP contribution < -0.4 is 5.73 Å². The molecule has 0 spiro atoms. The zero-order chi connectivity index (χ0) is 10.8. The number of aliphatic hydroxyl groups is 1. The second-order valence-electron chi connectivity index (χ2n) is 2.85. The largest absolute Gasteiger partial charge is 0.394 e. The Bertz CT molecular complexity index is 450. The van der Waals surface area contributed by atoms with Crippen LogP contribution in [-0.2, 0) is 6.54 Å². The minimum absolute atomic E-state index is 0.0229. The number of hydrogen-bond donors (Lipinski definition) is 3. The van der Waals surface area contributed by atoms with Gasteiger partial charge in [0.05, 0.1) is 19.3 Å². The number of nitrogens with one attached hydrogen (secondary N) is 1. The lowest BCUT2D eigenvalue weighted by Gasteiger charge is -1.98. The Kier molecular flexibility index (Phi) is 2.34. The number of H-pyrrole nitrogens is 1. The second kappa shape index (κ2) is 3.65. The first-order valence-electron chi connectivity index (χ1n) is 4.23. The zero-order valence-corrected chi connectivity index (χ0v) is 7.68. The van der Waals surface area contributed by atoms with Gasteiger partial charge < -0.3 is 10.8 Å². The smallest absolute Gasteiger partial charge is 0.194 e. The van der Waals surface area contributed by atoms with Crippen LogP contribution in [0.1, 0.15) is 0 Å². The number of halogens is 1. The molecule has 0 aliphatic carbocycles. The maximum atomic E-state index is 13.5. The molecule has 0 aliphatic heterocycles. The van der Waals surface area contributed by atoms with Crippen LogP contribution in [0.2, 0.25) is 0 Å². The van der Waals surface area contributed by atoms with Crippen molar-refractivity contribution in [3.8, 4) is 11.4 Å². The second-order valence-corrected chi connectivity index (χ2v) is 2.85. The van der Waals surface area contributed by atoms with E-state index in [4.69, 9.17) is 10.8 Å². The standard InChI is InChI=1S/C7H9FN6O/c8-5-6(4-3-10-13-11-4)12-14(1-2-15)7(5)9/h3,15H,1-2,9H2,(H,10,11,13). The summed E-state index contributed by atoms with van der Waals surface area (Å²) in [6.07, 6.45) is 1.34. The van der Waals surface area contributed by atoms with E-state index in [1.165, 1.54) is 10.9 Å². The Balaban J connectivity index is 2.45. The highest BCUT2D eigenvalue weighted by Crippen LogP contribution is 2.22. The summed E-state index contributed by atoms with van der Waals surface area (Å²) in [7, 11) is 0.